The molecule has 0 N–H and O–H groups in total. The van der Waals surface area contributed by atoms with Gasteiger partial charge in [-0.3, -0.25) is 0 Å². The van der Waals surface area contributed by atoms with Crippen LogP contribution in [0.4, 0.5) is 17.1 Å². The maximum Gasteiger partial charge on any atom is 0.227 e. The summed E-state index contributed by atoms with van der Waals surface area (Å²) in [6, 6.07) is 80.1. The van der Waals surface area contributed by atoms with Gasteiger partial charge in [0.05, 0.1) is 11.0 Å². The summed E-state index contributed by atoms with van der Waals surface area (Å²) in [5.41, 5.74) is 13.8. The van der Waals surface area contributed by atoms with Gasteiger partial charge >= 0.3 is 0 Å². The molecule has 12 rings (SSSR count). The minimum atomic E-state index is 0.624. The summed E-state index contributed by atoms with van der Waals surface area (Å²) in [5.74, 6) is 0.624. The van der Waals surface area contributed by atoms with Crippen LogP contribution in [0.3, 0.4) is 0 Å². The predicted octanol–water partition coefficient (Wildman–Crippen LogP) is 15.7. The monoisotopic (exact) mass is 779 g/mol. The number of rotatable bonds is 7. The molecule has 0 amide bonds. The lowest BCUT2D eigenvalue weighted by Crippen LogP contribution is -2.10. The van der Waals surface area contributed by atoms with Crippen molar-refractivity contribution in [3.63, 3.8) is 0 Å². The topological polar surface area (TPSA) is 34.2 Å². The van der Waals surface area contributed by atoms with Gasteiger partial charge in [0.25, 0.3) is 0 Å². The second kappa shape index (κ2) is 14.3. The molecule has 0 fully saturated rings. The summed E-state index contributed by atoms with van der Waals surface area (Å²) in [6.07, 6.45) is 0. The molecule has 0 saturated carbocycles. The van der Waals surface area contributed by atoms with Crippen LogP contribution in [0.5, 0.6) is 0 Å². The first-order valence-corrected chi connectivity index (χ1v) is 20.7. The molecule has 4 heteroatoms. The summed E-state index contributed by atoms with van der Waals surface area (Å²) in [6.45, 7) is 0. The third kappa shape index (κ3) is 5.96. The van der Waals surface area contributed by atoms with Crippen molar-refractivity contribution in [2.45, 2.75) is 0 Å². The molecule has 4 nitrogen and oxygen atoms in total. The van der Waals surface area contributed by atoms with Crippen molar-refractivity contribution >= 4 is 71.5 Å². The Hall–Kier alpha value is -8.21. The van der Waals surface area contributed by atoms with Crippen LogP contribution in [0.25, 0.3) is 93.8 Å². The Morgan fingerprint density at radius 1 is 0.377 bits per heavy atom. The van der Waals surface area contributed by atoms with Crippen LogP contribution in [0, 0.1) is 0 Å². The van der Waals surface area contributed by atoms with Crippen LogP contribution in [0.1, 0.15) is 0 Å². The van der Waals surface area contributed by atoms with E-state index in [0.29, 0.717) is 5.89 Å². The Morgan fingerprint density at radius 2 is 0.967 bits per heavy atom. The normalized spacial score (nSPS) is 11.6. The van der Waals surface area contributed by atoms with Gasteiger partial charge in [-0.15, -0.1) is 0 Å². The maximum absolute atomic E-state index is 6.44. The molecule has 0 spiro atoms. The van der Waals surface area contributed by atoms with Crippen LogP contribution in [-0.2, 0) is 0 Å². The van der Waals surface area contributed by atoms with E-state index in [1.165, 1.54) is 38.2 Å². The van der Waals surface area contributed by atoms with E-state index in [4.69, 9.17) is 9.40 Å². The lowest BCUT2D eigenvalue weighted by Gasteiger charge is -2.26. The Balaban J connectivity index is 1.00. The van der Waals surface area contributed by atoms with E-state index in [0.717, 1.165) is 66.8 Å². The fraction of sp³-hybridized carbons (Fsp3) is 0. The molecule has 0 aliphatic rings. The van der Waals surface area contributed by atoms with Crippen molar-refractivity contribution in [2.75, 3.05) is 4.90 Å². The molecule has 0 saturated heterocycles. The second-order valence-corrected chi connectivity index (χ2v) is 15.6. The molecule has 0 bridgehead atoms. The van der Waals surface area contributed by atoms with Crippen molar-refractivity contribution in [3.8, 4) is 39.4 Å². The zero-order valence-corrected chi connectivity index (χ0v) is 33.1. The van der Waals surface area contributed by atoms with E-state index in [1.54, 1.807) is 0 Å². The third-order valence-electron chi connectivity index (χ3n) is 12.0. The fourth-order valence-corrected chi connectivity index (χ4v) is 9.06. The maximum atomic E-state index is 6.44. The van der Waals surface area contributed by atoms with Gasteiger partial charge in [0.1, 0.15) is 5.52 Å². The molecule has 286 valence electrons. The SMILES string of the molecule is c1ccc(-c2nc3c(cc(-c4ccc(N(c5ccc(-c6ccc7ccccc7c6)cc5)c5ccc6c7ccccc7n(-c7ccccc7)c6c5)cc4)c4ccccc43)o2)cc1. The molecule has 10 aromatic carbocycles. The standard InChI is InChI=1S/C57H37N3O/c1-3-14-41(15-4-1)57-58-56-51-21-10-9-19-48(51)52(37-55(56)61-57)40-27-31-46(32-28-40)59(45-29-25-39(26-30-45)43-24-23-38-13-7-8-16-42(38)35-43)47-33-34-50-49-20-11-12-22-53(49)60(54(50)36-47)44-17-5-2-6-18-44/h1-37H. The number of benzene rings is 10. The zero-order valence-electron chi connectivity index (χ0n) is 33.1. The number of hydrogen-bond acceptors (Lipinski definition) is 3. The Bertz CT molecular complexity index is 3570. The number of nitrogens with zero attached hydrogens (tertiary/aromatic N) is 3. The average Bonchev–Trinajstić information content (AvgIpc) is 3.92. The Kier molecular flexibility index (Phi) is 8.13. The van der Waals surface area contributed by atoms with Gasteiger partial charge in [0.15, 0.2) is 5.58 Å². The molecule has 0 radical (unpaired) electrons. The largest absolute Gasteiger partial charge is 0.436 e. The van der Waals surface area contributed by atoms with E-state index >= 15 is 0 Å². The lowest BCUT2D eigenvalue weighted by atomic mass is 9.97. The second-order valence-electron chi connectivity index (χ2n) is 15.6. The first kappa shape index (κ1) is 34.8. The molecule has 61 heavy (non-hydrogen) atoms. The Morgan fingerprint density at radius 3 is 1.74 bits per heavy atom. The van der Waals surface area contributed by atoms with Crippen molar-refractivity contribution < 1.29 is 4.42 Å². The molecule has 0 unspecified atom stereocenters. The van der Waals surface area contributed by atoms with Crippen LogP contribution >= 0.6 is 0 Å². The third-order valence-corrected chi connectivity index (χ3v) is 12.0. The van der Waals surface area contributed by atoms with E-state index in [1.807, 2.05) is 30.3 Å². The fourth-order valence-electron chi connectivity index (χ4n) is 9.06. The van der Waals surface area contributed by atoms with Crippen molar-refractivity contribution in [1.82, 2.24) is 9.55 Å². The van der Waals surface area contributed by atoms with Crippen molar-refractivity contribution in [3.05, 3.63) is 224 Å². The minimum Gasteiger partial charge on any atom is -0.436 e. The highest BCUT2D eigenvalue weighted by molar-refractivity contribution is 6.12. The summed E-state index contributed by atoms with van der Waals surface area (Å²) in [7, 11) is 0. The van der Waals surface area contributed by atoms with E-state index < -0.39 is 0 Å². The molecule has 0 aliphatic heterocycles. The minimum absolute atomic E-state index is 0.624. The zero-order chi connectivity index (χ0) is 40.3. The summed E-state index contributed by atoms with van der Waals surface area (Å²) >= 11 is 0. The molecule has 0 atom stereocenters. The van der Waals surface area contributed by atoms with Gasteiger partial charge in [0, 0.05) is 44.5 Å². The number of anilines is 3. The molecule has 0 aliphatic carbocycles. The van der Waals surface area contributed by atoms with Crippen molar-refractivity contribution in [1.29, 1.82) is 0 Å². The number of fused-ring (bicyclic) bond motifs is 7. The number of oxazole rings is 1. The average molecular weight is 780 g/mol. The van der Waals surface area contributed by atoms with Gasteiger partial charge in [-0.05, 0) is 117 Å². The smallest absolute Gasteiger partial charge is 0.227 e. The molecule has 2 aromatic heterocycles. The van der Waals surface area contributed by atoms with E-state index in [2.05, 4.69) is 204 Å². The predicted molar refractivity (Wildman–Crippen MR) is 254 cm³/mol. The van der Waals surface area contributed by atoms with Gasteiger partial charge in [-0.1, -0.05) is 146 Å². The molecular formula is C57H37N3O. The van der Waals surface area contributed by atoms with Crippen molar-refractivity contribution in [2.24, 2.45) is 0 Å². The summed E-state index contributed by atoms with van der Waals surface area (Å²) < 4.78 is 8.82. The highest BCUT2D eigenvalue weighted by atomic mass is 16.3. The number of para-hydroxylation sites is 2. The molecule has 2 heterocycles. The van der Waals surface area contributed by atoms with Crippen LogP contribution < -0.4 is 4.90 Å². The lowest BCUT2D eigenvalue weighted by molar-refractivity contribution is 0.620. The molecule has 12 aromatic rings. The van der Waals surface area contributed by atoms with Gasteiger partial charge in [0.2, 0.25) is 5.89 Å². The summed E-state index contributed by atoms with van der Waals surface area (Å²) in [4.78, 5) is 7.34. The number of hydrogen-bond donors (Lipinski definition) is 0. The van der Waals surface area contributed by atoms with Gasteiger partial charge < -0.3 is 13.9 Å². The highest BCUT2D eigenvalue weighted by Crippen LogP contribution is 2.42. The quantitative estimate of drug-likeness (QED) is 0.162. The highest BCUT2D eigenvalue weighted by Gasteiger charge is 2.19. The number of aromatic nitrogens is 2. The van der Waals surface area contributed by atoms with E-state index in [-0.39, 0.29) is 0 Å². The van der Waals surface area contributed by atoms with Gasteiger partial charge in [-0.25, -0.2) is 4.98 Å². The van der Waals surface area contributed by atoms with Crippen LogP contribution in [0.15, 0.2) is 229 Å². The summed E-state index contributed by atoms with van der Waals surface area (Å²) in [5, 5.41) is 7.13. The van der Waals surface area contributed by atoms with Crippen LogP contribution in [0.2, 0.25) is 0 Å². The molecular weight excluding hydrogens is 743 g/mol. The first-order chi connectivity index (χ1) is 30.2. The first-order valence-electron chi connectivity index (χ1n) is 20.7. The van der Waals surface area contributed by atoms with E-state index in [9.17, 15) is 0 Å². The Labute approximate surface area is 352 Å². The van der Waals surface area contributed by atoms with Crippen LogP contribution in [-0.4, -0.2) is 9.55 Å². The van der Waals surface area contributed by atoms with Gasteiger partial charge in [-0.2, -0.15) is 0 Å².